The minimum absolute atomic E-state index is 0.0318. The van der Waals surface area contributed by atoms with Crippen molar-refractivity contribution >= 4 is 43.3 Å². The van der Waals surface area contributed by atoms with Crippen molar-refractivity contribution in [3.8, 4) is 11.5 Å². The van der Waals surface area contributed by atoms with E-state index >= 15 is 0 Å². The summed E-state index contributed by atoms with van der Waals surface area (Å²) in [6.45, 7) is 6.59. The summed E-state index contributed by atoms with van der Waals surface area (Å²) in [4.78, 5) is 27.1. The maximum Gasteiger partial charge on any atom is 0.306 e. The molecule has 0 amide bonds. The average molecular weight is 493 g/mol. The van der Waals surface area contributed by atoms with Crippen molar-refractivity contribution in [2.75, 3.05) is 44.9 Å². The van der Waals surface area contributed by atoms with Gasteiger partial charge in [0, 0.05) is 20.1 Å². The average Bonchev–Trinajstić information content (AvgIpc) is 2.79. The van der Waals surface area contributed by atoms with Crippen LogP contribution >= 0.6 is 0 Å². The number of likely N-dealkylation sites (N-methyl/N-ethyl adjacent to an activating group) is 1. The lowest BCUT2D eigenvalue weighted by atomic mass is 10.1. The Hall–Kier alpha value is -3.38. The molecular formula is C22H28N4O7S. The fourth-order valence-electron chi connectivity index (χ4n) is 3.99. The largest absolute Gasteiger partial charge is 0.497 e. The van der Waals surface area contributed by atoms with Gasteiger partial charge in [0.2, 0.25) is 0 Å². The molecule has 1 aromatic heterocycles. The highest BCUT2D eigenvalue weighted by Crippen LogP contribution is 2.40. The van der Waals surface area contributed by atoms with E-state index in [0.29, 0.717) is 24.4 Å². The SMILES string of the molecule is CCN(CC)CCNc1c(OS(C)(=O)=O)cc([N+](=O)[O-])c2c1c(=O)c1cc(OC)ccc1n2C. The Kier molecular flexibility index (Phi) is 7.32. The third-order valence-electron chi connectivity index (χ3n) is 5.68. The molecule has 0 aliphatic heterocycles. The van der Waals surface area contributed by atoms with Crippen molar-refractivity contribution in [3.63, 3.8) is 0 Å². The maximum atomic E-state index is 13.7. The van der Waals surface area contributed by atoms with Crippen molar-refractivity contribution in [1.29, 1.82) is 0 Å². The van der Waals surface area contributed by atoms with Crippen LogP contribution in [0.2, 0.25) is 0 Å². The zero-order valence-electron chi connectivity index (χ0n) is 19.7. The van der Waals surface area contributed by atoms with E-state index < -0.39 is 26.2 Å². The molecule has 1 N–H and O–H groups in total. The highest BCUT2D eigenvalue weighted by Gasteiger charge is 2.27. The number of non-ortho nitro benzene ring substituents is 1. The predicted octanol–water partition coefficient (Wildman–Crippen LogP) is 2.70. The van der Waals surface area contributed by atoms with Crippen LogP contribution in [0.4, 0.5) is 11.4 Å². The molecule has 0 aliphatic carbocycles. The summed E-state index contributed by atoms with van der Waals surface area (Å²) in [6.07, 6.45) is 0.839. The van der Waals surface area contributed by atoms with Crippen LogP contribution in [0.1, 0.15) is 13.8 Å². The fraction of sp³-hybridized carbons (Fsp3) is 0.409. The number of fused-ring (bicyclic) bond motifs is 2. The molecule has 3 rings (SSSR count). The van der Waals surface area contributed by atoms with Crippen LogP contribution < -0.4 is 19.7 Å². The van der Waals surface area contributed by atoms with Gasteiger partial charge in [-0.05, 0) is 31.3 Å². The van der Waals surface area contributed by atoms with E-state index in [4.69, 9.17) is 8.92 Å². The summed E-state index contributed by atoms with van der Waals surface area (Å²) in [5.74, 6) is 0.138. The van der Waals surface area contributed by atoms with E-state index in [1.807, 2.05) is 13.8 Å². The number of benzene rings is 2. The second-order valence-corrected chi connectivity index (χ2v) is 9.34. The number of aromatic nitrogens is 1. The molecule has 11 nitrogen and oxygen atoms in total. The van der Waals surface area contributed by atoms with Crippen LogP contribution in [0.25, 0.3) is 21.8 Å². The van der Waals surface area contributed by atoms with Gasteiger partial charge in [-0.15, -0.1) is 0 Å². The molecule has 12 heteroatoms. The first-order valence-corrected chi connectivity index (χ1v) is 12.5. The zero-order chi connectivity index (χ0) is 25.2. The number of hydrogen-bond acceptors (Lipinski definition) is 9. The monoisotopic (exact) mass is 492 g/mol. The molecule has 34 heavy (non-hydrogen) atoms. The van der Waals surface area contributed by atoms with Crippen LogP contribution in [-0.2, 0) is 17.2 Å². The number of anilines is 1. The lowest BCUT2D eigenvalue weighted by Gasteiger charge is -2.21. The van der Waals surface area contributed by atoms with Gasteiger partial charge in [0.15, 0.2) is 11.2 Å². The van der Waals surface area contributed by atoms with Crippen molar-refractivity contribution in [1.82, 2.24) is 9.47 Å². The Morgan fingerprint density at radius 1 is 1.21 bits per heavy atom. The molecule has 1 heterocycles. The second-order valence-electron chi connectivity index (χ2n) is 7.76. The summed E-state index contributed by atoms with van der Waals surface area (Å²) >= 11 is 0. The zero-order valence-corrected chi connectivity index (χ0v) is 20.6. The van der Waals surface area contributed by atoms with Gasteiger partial charge in [-0.25, -0.2) is 0 Å². The highest BCUT2D eigenvalue weighted by molar-refractivity contribution is 7.86. The molecule has 0 radical (unpaired) electrons. The van der Waals surface area contributed by atoms with Gasteiger partial charge in [-0.1, -0.05) is 13.8 Å². The molecule has 3 aromatic rings. The van der Waals surface area contributed by atoms with Gasteiger partial charge in [0.1, 0.15) is 11.3 Å². The number of nitro groups is 1. The van der Waals surface area contributed by atoms with Crippen LogP contribution in [0, 0.1) is 10.1 Å². The third-order valence-corrected chi connectivity index (χ3v) is 6.16. The molecule has 0 saturated heterocycles. The Morgan fingerprint density at radius 3 is 2.44 bits per heavy atom. The third kappa shape index (κ3) is 4.92. The number of hydrogen-bond donors (Lipinski definition) is 1. The van der Waals surface area contributed by atoms with Crippen LogP contribution in [0.5, 0.6) is 11.5 Å². The van der Waals surface area contributed by atoms with Crippen LogP contribution in [0.3, 0.4) is 0 Å². The molecule has 184 valence electrons. The first-order valence-electron chi connectivity index (χ1n) is 10.7. The first-order chi connectivity index (χ1) is 16.0. The fourth-order valence-corrected chi connectivity index (χ4v) is 4.45. The Balaban J connectivity index is 2.42. The molecule has 0 bridgehead atoms. The van der Waals surface area contributed by atoms with Crippen molar-refractivity contribution in [3.05, 3.63) is 44.6 Å². The standard InChI is InChI=1S/C22H28N4O7S/c1-6-25(7-2)11-10-23-20-18(33-34(5,30)31)13-17(26(28)29)21-19(20)22(27)15-12-14(32-4)8-9-16(15)24(21)3/h8-9,12-13,23H,6-7,10-11H2,1-5H3. The summed E-state index contributed by atoms with van der Waals surface area (Å²) in [5.41, 5.74) is -0.343. The van der Waals surface area contributed by atoms with E-state index in [1.54, 1.807) is 29.8 Å². The van der Waals surface area contributed by atoms with Crippen molar-refractivity contribution in [2.24, 2.45) is 7.05 Å². The molecule has 0 fully saturated rings. The summed E-state index contributed by atoms with van der Waals surface area (Å²) < 4.78 is 35.8. The normalized spacial score (nSPS) is 11.8. The summed E-state index contributed by atoms with van der Waals surface area (Å²) in [6, 6.07) is 5.89. The lowest BCUT2D eigenvalue weighted by Crippen LogP contribution is -2.29. The Bertz CT molecular complexity index is 1410. The number of nitro benzene ring substituents is 1. The lowest BCUT2D eigenvalue weighted by molar-refractivity contribution is -0.383. The second kappa shape index (κ2) is 9.85. The number of ether oxygens (including phenoxy) is 1. The van der Waals surface area contributed by atoms with Gasteiger partial charge in [0.25, 0.3) is 5.69 Å². The molecule has 0 atom stereocenters. The van der Waals surface area contributed by atoms with Crippen LogP contribution in [0.15, 0.2) is 29.1 Å². The van der Waals surface area contributed by atoms with Crippen LogP contribution in [-0.4, -0.2) is 62.4 Å². The maximum absolute atomic E-state index is 13.7. The van der Waals surface area contributed by atoms with E-state index in [9.17, 15) is 23.3 Å². The molecule has 0 aliphatic rings. The van der Waals surface area contributed by atoms with E-state index in [1.165, 1.54) is 7.11 Å². The molecule has 2 aromatic carbocycles. The minimum Gasteiger partial charge on any atom is -0.497 e. The Labute approximate surface area is 197 Å². The van der Waals surface area contributed by atoms with Gasteiger partial charge < -0.3 is 23.7 Å². The predicted molar refractivity (Wildman–Crippen MR) is 132 cm³/mol. The Morgan fingerprint density at radius 2 is 1.88 bits per heavy atom. The van der Waals surface area contributed by atoms with E-state index in [-0.39, 0.29) is 27.7 Å². The van der Waals surface area contributed by atoms with Gasteiger partial charge in [0.05, 0.1) is 46.3 Å². The number of pyridine rings is 1. The number of nitrogens with one attached hydrogen (secondary N) is 1. The number of aryl methyl sites for hydroxylation is 1. The summed E-state index contributed by atoms with van der Waals surface area (Å²) in [5, 5.41) is 15.3. The number of methoxy groups -OCH3 is 1. The van der Waals surface area contributed by atoms with Gasteiger partial charge >= 0.3 is 10.1 Å². The smallest absolute Gasteiger partial charge is 0.306 e. The molecular weight excluding hydrogens is 464 g/mol. The highest BCUT2D eigenvalue weighted by atomic mass is 32.2. The molecule has 0 saturated carbocycles. The molecule has 0 spiro atoms. The van der Waals surface area contributed by atoms with Gasteiger partial charge in [-0.2, -0.15) is 8.42 Å². The number of nitrogens with zero attached hydrogens (tertiary/aromatic N) is 3. The number of rotatable bonds is 10. The van der Waals surface area contributed by atoms with Crippen molar-refractivity contribution in [2.45, 2.75) is 13.8 Å². The topological polar surface area (TPSA) is 133 Å². The van der Waals surface area contributed by atoms with E-state index in [2.05, 4.69) is 10.2 Å². The molecule has 0 unspecified atom stereocenters. The quantitative estimate of drug-likeness (QED) is 0.196. The van der Waals surface area contributed by atoms with E-state index in [0.717, 1.165) is 25.4 Å². The minimum atomic E-state index is -4.04. The van der Waals surface area contributed by atoms with Gasteiger partial charge in [-0.3, -0.25) is 14.9 Å². The summed E-state index contributed by atoms with van der Waals surface area (Å²) in [7, 11) is -0.960. The first kappa shape index (κ1) is 25.2. The van der Waals surface area contributed by atoms with Crippen molar-refractivity contribution < 1.29 is 22.3 Å².